The van der Waals surface area contributed by atoms with E-state index in [0.717, 1.165) is 10.5 Å². The first-order chi connectivity index (χ1) is 17.4. The van der Waals surface area contributed by atoms with Crippen LogP contribution >= 0.6 is 23.4 Å². The molecule has 0 radical (unpaired) electrons. The highest BCUT2D eigenvalue weighted by Crippen LogP contribution is 2.40. The number of nitrogens with one attached hydrogen (secondary N) is 2. The molecule has 1 aliphatic rings. The van der Waals surface area contributed by atoms with Crippen LogP contribution in [-0.4, -0.2) is 40.9 Å². The molecule has 1 saturated heterocycles. The van der Waals surface area contributed by atoms with Crippen LogP contribution in [0.4, 0.5) is 23.7 Å². The van der Waals surface area contributed by atoms with Gasteiger partial charge >= 0.3 is 11.5 Å². The van der Waals surface area contributed by atoms with Crippen molar-refractivity contribution >= 4 is 46.9 Å². The molecule has 1 fully saturated rings. The van der Waals surface area contributed by atoms with Crippen LogP contribution in [0.3, 0.4) is 0 Å². The molecule has 3 aromatic rings. The lowest BCUT2D eigenvalue weighted by Gasteiger charge is -2.31. The van der Waals surface area contributed by atoms with Gasteiger partial charge in [0.2, 0.25) is 5.91 Å². The maximum Gasteiger partial charge on any atom is 0.446 e. The number of hydrogen-bond donors (Lipinski definition) is 2. The van der Waals surface area contributed by atoms with Crippen LogP contribution in [0.2, 0.25) is 5.02 Å². The minimum atomic E-state index is -4.48. The third-order valence-corrected chi connectivity index (χ3v) is 6.88. The number of nitrogens with zero attached hydrogens (tertiary/aromatic N) is 2. The molecule has 2 heterocycles. The molecule has 1 aromatic heterocycles. The second kappa shape index (κ2) is 10.1. The zero-order valence-corrected chi connectivity index (χ0v) is 21.0. The van der Waals surface area contributed by atoms with E-state index in [-0.39, 0.29) is 22.3 Å². The lowest BCUT2D eigenvalue weighted by atomic mass is 9.79. The zero-order valence-electron chi connectivity index (χ0n) is 19.5. The number of carbonyl (C=O) groups is 3. The second-order valence-corrected chi connectivity index (χ2v) is 9.92. The Morgan fingerprint density at radius 2 is 1.76 bits per heavy atom. The Labute approximate surface area is 219 Å². The number of pyridine rings is 1. The van der Waals surface area contributed by atoms with E-state index in [0.29, 0.717) is 16.3 Å². The fourth-order valence-electron chi connectivity index (χ4n) is 4.18. The molecule has 2 atom stereocenters. The minimum Gasteiger partial charge on any atom is -0.359 e. The number of amides is 4. The Kier molecular flexibility index (Phi) is 7.20. The Morgan fingerprint density at radius 3 is 2.35 bits per heavy atom. The summed E-state index contributed by atoms with van der Waals surface area (Å²) in [6.45, 7) is 1.43. The van der Waals surface area contributed by atoms with Crippen LogP contribution < -0.4 is 15.5 Å². The highest BCUT2D eigenvalue weighted by atomic mass is 35.5. The maximum absolute atomic E-state index is 13.6. The van der Waals surface area contributed by atoms with Crippen molar-refractivity contribution in [1.82, 2.24) is 15.6 Å². The molecular formula is C25H20ClF3N4O3S. The summed E-state index contributed by atoms with van der Waals surface area (Å²) in [7, 11) is 1.41. The summed E-state index contributed by atoms with van der Waals surface area (Å²) >= 11 is 5.66. The molecular weight excluding hydrogens is 529 g/mol. The molecule has 12 heteroatoms. The molecule has 0 aliphatic carbocycles. The highest BCUT2D eigenvalue weighted by molar-refractivity contribution is 8.00. The summed E-state index contributed by atoms with van der Waals surface area (Å²) in [5, 5.41) is 5.70. The standard InChI is InChI=1S/C25H20ClF3N4O3S/c1-24(22(35)33(23(36)32-24)17-7-9-18(10-8-17)37-25(27,28)29)20(21(34)30-2)15-11-12-31-19(13-15)14-3-5-16(26)6-4-14/h3-13,20H,1-2H3,(H,30,34)(H,32,36). The number of rotatable bonds is 6. The quantitative estimate of drug-likeness (QED) is 0.320. The van der Waals surface area contributed by atoms with Gasteiger partial charge in [-0.2, -0.15) is 13.2 Å². The number of likely N-dealkylation sites (N-methyl/N-ethyl adjacent to an activating group) is 1. The van der Waals surface area contributed by atoms with Gasteiger partial charge in [-0.3, -0.25) is 14.6 Å². The van der Waals surface area contributed by atoms with Gasteiger partial charge in [-0.05, 0) is 72.8 Å². The lowest BCUT2D eigenvalue weighted by molar-refractivity contribution is -0.130. The second-order valence-electron chi connectivity index (χ2n) is 8.34. The van der Waals surface area contributed by atoms with Crippen molar-refractivity contribution in [3.8, 4) is 11.3 Å². The first-order valence-corrected chi connectivity index (χ1v) is 12.1. The van der Waals surface area contributed by atoms with Gasteiger partial charge < -0.3 is 10.6 Å². The Morgan fingerprint density at radius 1 is 1.11 bits per heavy atom. The number of alkyl halides is 3. The number of anilines is 1. The number of halogens is 4. The van der Waals surface area contributed by atoms with Gasteiger partial charge in [-0.15, -0.1) is 0 Å². The van der Waals surface area contributed by atoms with Gasteiger partial charge in [0, 0.05) is 28.7 Å². The van der Waals surface area contributed by atoms with Crippen molar-refractivity contribution in [2.24, 2.45) is 0 Å². The van der Waals surface area contributed by atoms with E-state index in [4.69, 9.17) is 11.6 Å². The summed E-state index contributed by atoms with van der Waals surface area (Å²) in [4.78, 5) is 44.7. The van der Waals surface area contributed by atoms with E-state index in [2.05, 4.69) is 15.6 Å². The van der Waals surface area contributed by atoms with E-state index in [1.54, 1.807) is 36.4 Å². The minimum absolute atomic E-state index is 0.0741. The largest absolute Gasteiger partial charge is 0.446 e. The van der Waals surface area contributed by atoms with Gasteiger partial charge in [0.15, 0.2) is 0 Å². The first kappa shape index (κ1) is 26.5. The molecule has 4 amide bonds. The van der Waals surface area contributed by atoms with E-state index in [9.17, 15) is 27.6 Å². The molecule has 0 saturated carbocycles. The van der Waals surface area contributed by atoms with Crippen molar-refractivity contribution < 1.29 is 27.6 Å². The van der Waals surface area contributed by atoms with E-state index >= 15 is 0 Å². The average molecular weight is 549 g/mol. The fraction of sp³-hybridized carbons (Fsp3) is 0.200. The van der Waals surface area contributed by atoms with E-state index < -0.39 is 34.8 Å². The summed E-state index contributed by atoms with van der Waals surface area (Å²) in [6, 6.07) is 14.2. The Hall–Kier alpha value is -3.57. The van der Waals surface area contributed by atoms with E-state index in [1.807, 2.05) is 0 Å². The number of thioether (sulfide) groups is 1. The molecule has 4 rings (SSSR count). The highest BCUT2D eigenvalue weighted by Gasteiger charge is 2.56. The lowest BCUT2D eigenvalue weighted by Crippen LogP contribution is -2.54. The van der Waals surface area contributed by atoms with Gasteiger partial charge in [-0.1, -0.05) is 23.7 Å². The van der Waals surface area contributed by atoms with Crippen LogP contribution in [0.25, 0.3) is 11.3 Å². The van der Waals surface area contributed by atoms with Gasteiger partial charge in [0.25, 0.3) is 5.91 Å². The molecule has 0 bridgehead atoms. The average Bonchev–Trinajstić information content (AvgIpc) is 3.07. The van der Waals surface area contributed by atoms with Crippen LogP contribution in [0, 0.1) is 0 Å². The Balaban J connectivity index is 1.70. The van der Waals surface area contributed by atoms with E-state index in [1.165, 1.54) is 44.4 Å². The first-order valence-electron chi connectivity index (χ1n) is 10.9. The van der Waals surface area contributed by atoms with Gasteiger partial charge in [0.05, 0.1) is 17.3 Å². The number of carbonyl (C=O) groups excluding carboxylic acids is 3. The molecule has 192 valence electrons. The van der Waals surface area contributed by atoms with Crippen molar-refractivity contribution in [3.05, 3.63) is 77.4 Å². The Bertz CT molecular complexity index is 1350. The number of imide groups is 1. The van der Waals surface area contributed by atoms with Crippen LogP contribution in [0.15, 0.2) is 71.8 Å². The predicted octanol–water partition coefficient (Wildman–Crippen LogP) is 5.36. The third-order valence-electron chi connectivity index (χ3n) is 5.89. The van der Waals surface area contributed by atoms with Gasteiger partial charge in [-0.25, -0.2) is 9.69 Å². The van der Waals surface area contributed by atoms with Crippen molar-refractivity contribution in [2.45, 2.75) is 28.8 Å². The van der Waals surface area contributed by atoms with Crippen LogP contribution in [0.1, 0.15) is 18.4 Å². The topological polar surface area (TPSA) is 91.4 Å². The molecule has 7 nitrogen and oxygen atoms in total. The van der Waals surface area contributed by atoms with Crippen LogP contribution in [0.5, 0.6) is 0 Å². The molecule has 2 unspecified atom stereocenters. The van der Waals surface area contributed by atoms with Crippen molar-refractivity contribution in [2.75, 3.05) is 11.9 Å². The zero-order chi connectivity index (χ0) is 27.0. The number of benzene rings is 2. The number of hydrogen-bond acceptors (Lipinski definition) is 5. The molecule has 37 heavy (non-hydrogen) atoms. The SMILES string of the molecule is CNC(=O)C(c1ccnc(-c2ccc(Cl)cc2)c1)C1(C)NC(=O)N(c2ccc(SC(F)(F)F)cc2)C1=O. The summed E-state index contributed by atoms with van der Waals surface area (Å²) < 4.78 is 38.0. The molecule has 2 N–H and O–H groups in total. The predicted molar refractivity (Wildman–Crippen MR) is 134 cm³/mol. The maximum atomic E-state index is 13.6. The van der Waals surface area contributed by atoms with Crippen molar-refractivity contribution in [1.29, 1.82) is 0 Å². The summed E-state index contributed by atoms with van der Waals surface area (Å²) in [5.74, 6) is -2.40. The number of aromatic nitrogens is 1. The van der Waals surface area contributed by atoms with Crippen molar-refractivity contribution in [3.63, 3.8) is 0 Å². The molecule has 0 spiro atoms. The number of urea groups is 1. The summed E-state index contributed by atoms with van der Waals surface area (Å²) in [6.07, 6.45) is 1.49. The summed E-state index contributed by atoms with van der Waals surface area (Å²) in [5.41, 5.74) is -4.42. The normalized spacial score (nSPS) is 18.5. The molecule has 2 aromatic carbocycles. The molecule has 1 aliphatic heterocycles. The van der Waals surface area contributed by atoms with Gasteiger partial charge in [0.1, 0.15) is 5.54 Å². The van der Waals surface area contributed by atoms with Crippen LogP contribution in [-0.2, 0) is 9.59 Å². The fourth-order valence-corrected chi connectivity index (χ4v) is 4.84. The monoisotopic (exact) mass is 548 g/mol. The smallest absolute Gasteiger partial charge is 0.359 e. The third kappa shape index (κ3) is 5.42.